The van der Waals surface area contributed by atoms with Crippen molar-refractivity contribution in [2.75, 3.05) is 30.4 Å². The summed E-state index contributed by atoms with van der Waals surface area (Å²) in [5, 5.41) is 15.5. The number of aliphatic hydroxyl groups is 1. The minimum atomic E-state index is -0.368. The molecule has 0 aliphatic heterocycles. The van der Waals surface area contributed by atoms with Crippen molar-refractivity contribution in [1.82, 2.24) is 5.16 Å². The molecule has 0 saturated heterocycles. The fourth-order valence-corrected chi connectivity index (χ4v) is 2.19. The van der Waals surface area contributed by atoms with E-state index in [1.807, 2.05) is 24.1 Å². The molecule has 2 heterocycles. The number of hydrogen-bond acceptors (Lipinski definition) is 6. The highest BCUT2D eigenvalue weighted by Crippen LogP contribution is 2.21. The van der Waals surface area contributed by atoms with Gasteiger partial charge in [0.05, 0.1) is 12.9 Å². The van der Waals surface area contributed by atoms with E-state index in [-0.39, 0.29) is 18.2 Å². The second-order valence-electron chi connectivity index (χ2n) is 5.20. The van der Waals surface area contributed by atoms with E-state index in [4.69, 9.17) is 14.0 Å². The number of hydrogen-bond donors (Lipinski definition) is 2. The first-order chi connectivity index (χ1) is 11.7. The van der Waals surface area contributed by atoms with E-state index in [0.717, 1.165) is 5.69 Å². The Morgan fingerprint density at radius 2 is 2.04 bits per heavy atom. The molecule has 1 amide bonds. The molecule has 0 fully saturated rings. The molecule has 0 atom stereocenters. The molecule has 7 heteroatoms. The summed E-state index contributed by atoms with van der Waals surface area (Å²) in [4.78, 5) is 14.1. The molecular formula is C17H17N3O4. The van der Waals surface area contributed by atoms with Crippen LogP contribution in [0.25, 0.3) is 11.5 Å². The van der Waals surface area contributed by atoms with E-state index in [1.165, 1.54) is 12.3 Å². The molecule has 0 unspecified atom stereocenters. The fraction of sp³-hybridized carbons (Fsp3) is 0.176. The van der Waals surface area contributed by atoms with Crippen LogP contribution in [0.4, 0.5) is 11.4 Å². The summed E-state index contributed by atoms with van der Waals surface area (Å²) < 4.78 is 10.3. The van der Waals surface area contributed by atoms with Crippen molar-refractivity contribution < 1.29 is 18.8 Å². The number of furan rings is 1. The standard InChI is InChI=1S/C17H17N3O4/c1-20(8-9-21)13-6-4-12(5-7-13)18-17(22)14-11-16(24-19-14)15-3-2-10-23-15/h2-7,10-11,21H,8-9H2,1H3,(H,18,22). The molecular weight excluding hydrogens is 310 g/mol. The largest absolute Gasteiger partial charge is 0.461 e. The minimum Gasteiger partial charge on any atom is -0.461 e. The molecule has 24 heavy (non-hydrogen) atoms. The summed E-state index contributed by atoms with van der Waals surface area (Å²) >= 11 is 0. The Morgan fingerprint density at radius 1 is 1.25 bits per heavy atom. The van der Waals surface area contributed by atoms with Crippen molar-refractivity contribution >= 4 is 17.3 Å². The lowest BCUT2D eigenvalue weighted by molar-refractivity contribution is 0.101. The van der Waals surface area contributed by atoms with Crippen molar-refractivity contribution in [3.05, 3.63) is 54.4 Å². The van der Waals surface area contributed by atoms with Gasteiger partial charge in [-0.2, -0.15) is 0 Å². The van der Waals surface area contributed by atoms with Crippen LogP contribution < -0.4 is 10.2 Å². The van der Waals surface area contributed by atoms with E-state index in [9.17, 15) is 4.79 Å². The van der Waals surface area contributed by atoms with Crippen molar-refractivity contribution in [2.24, 2.45) is 0 Å². The van der Waals surface area contributed by atoms with E-state index in [0.29, 0.717) is 23.8 Å². The van der Waals surface area contributed by atoms with E-state index in [2.05, 4.69) is 10.5 Å². The maximum atomic E-state index is 12.2. The van der Waals surface area contributed by atoms with Gasteiger partial charge in [0.2, 0.25) is 5.76 Å². The Bertz CT molecular complexity index is 794. The third-order valence-corrected chi connectivity index (χ3v) is 3.51. The van der Waals surface area contributed by atoms with Crippen LogP contribution in [0.5, 0.6) is 0 Å². The number of carbonyl (C=O) groups is 1. The first-order valence-corrected chi connectivity index (χ1v) is 7.41. The van der Waals surface area contributed by atoms with Crippen molar-refractivity contribution in [3.8, 4) is 11.5 Å². The van der Waals surface area contributed by atoms with Gasteiger partial charge in [0, 0.05) is 31.0 Å². The number of nitrogens with zero attached hydrogens (tertiary/aromatic N) is 2. The second kappa shape index (κ2) is 7.01. The van der Waals surface area contributed by atoms with Crippen LogP contribution in [-0.4, -0.2) is 36.4 Å². The first-order valence-electron chi connectivity index (χ1n) is 7.41. The quantitative estimate of drug-likeness (QED) is 0.723. The van der Waals surface area contributed by atoms with Crippen LogP contribution >= 0.6 is 0 Å². The topological polar surface area (TPSA) is 91.7 Å². The highest BCUT2D eigenvalue weighted by molar-refractivity contribution is 6.03. The summed E-state index contributed by atoms with van der Waals surface area (Å²) in [6.07, 6.45) is 1.52. The van der Waals surface area contributed by atoms with Crippen molar-refractivity contribution in [3.63, 3.8) is 0 Å². The molecule has 1 aromatic carbocycles. The zero-order valence-corrected chi connectivity index (χ0v) is 13.1. The van der Waals surface area contributed by atoms with Gasteiger partial charge < -0.3 is 24.3 Å². The van der Waals surface area contributed by atoms with Gasteiger partial charge in [0.15, 0.2) is 11.5 Å². The third kappa shape index (κ3) is 3.47. The molecule has 0 aliphatic carbocycles. The monoisotopic (exact) mass is 327 g/mol. The summed E-state index contributed by atoms with van der Waals surface area (Å²) in [7, 11) is 1.88. The van der Waals surface area contributed by atoms with Crippen LogP contribution in [0.1, 0.15) is 10.5 Å². The number of aliphatic hydroxyl groups excluding tert-OH is 1. The Morgan fingerprint density at radius 3 is 2.71 bits per heavy atom. The molecule has 2 aromatic heterocycles. The minimum absolute atomic E-state index is 0.0825. The highest BCUT2D eigenvalue weighted by Gasteiger charge is 2.15. The molecule has 2 N–H and O–H groups in total. The zero-order valence-electron chi connectivity index (χ0n) is 13.1. The van der Waals surface area contributed by atoms with Gasteiger partial charge in [0.25, 0.3) is 5.91 Å². The number of nitrogens with one attached hydrogen (secondary N) is 1. The second-order valence-corrected chi connectivity index (χ2v) is 5.20. The SMILES string of the molecule is CN(CCO)c1ccc(NC(=O)c2cc(-c3ccco3)on2)cc1. The molecule has 0 spiro atoms. The Kier molecular flexibility index (Phi) is 4.62. The molecule has 0 bridgehead atoms. The summed E-state index contributed by atoms with van der Waals surface area (Å²) in [5.41, 5.74) is 1.76. The van der Waals surface area contributed by atoms with Crippen LogP contribution in [0.2, 0.25) is 0 Å². The van der Waals surface area contributed by atoms with E-state index >= 15 is 0 Å². The zero-order chi connectivity index (χ0) is 16.9. The van der Waals surface area contributed by atoms with Gasteiger partial charge in [0.1, 0.15) is 0 Å². The predicted octanol–water partition coefficient (Wildman–Crippen LogP) is 2.62. The molecule has 0 radical (unpaired) electrons. The number of amides is 1. The number of anilines is 2. The molecule has 7 nitrogen and oxygen atoms in total. The first kappa shape index (κ1) is 15.8. The summed E-state index contributed by atoms with van der Waals surface area (Å²) in [6, 6.07) is 12.3. The number of aromatic nitrogens is 1. The molecule has 0 saturated carbocycles. The number of benzene rings is 1. The van der Waals surface area contributed by atoms with Gasteiger partial charge in [-0.3, -0.25) is 4.79 Å². The van der Waals surface area contributed by atoms with Gasteiger partial charge in [-0.25, -0.2) is 0 Å². The van der Waals surface area contributed by atoms with E-state index < -0.39 is 0 Å². The van der Waals surface area contributed by atoms with Crippen molar-refractivity contribution in [2.45, 2.75) is 0 Å². The maximum Gasteiger partial charge on any atom is 0.277 e. The van der Waals surface area contributed by atoms with Gasteiger partial charge in [-0.15, -0.1) is 0 Å². The maximum absolute atomic E-state index is 12.2. The smallest absolute Gasteiger partial charge is 0.277 e. The molecule has 3 rings (SSSR count). The van der Waals surface area contributed by atoms with Crippen LogP contribution in [0.3, 0.4) is 0 Å². The molecule has 124 valence electrons. The van der Waals surface area contributed by atoms with E-state index in [1.54, 1.807) is 24.3 Å². The highest BCUT2D eigenvalue weighted by atomic mass is 16.5. The lowest BCUT2D eigenvalue weighted by Gasteiger charge is -2.18. The fourth-order valence-electron chi connectivity index (χ4n) is 2.19. The van der Waals surface area contributed by atoms with Gasteiger partial charge in [-0.05, 0) is 36.4 Å². The lowest BCUT2D eigenvalue weighted by Crippen LogP contribution is -2.21. The molecule has 0 aliphatic rings. The third-order valence-electron chi connectivity index (χ3n) is 3.51. The molecule has 3 aromatic rings. The lowest BCUT2D eigenvalue weighted by atomic mass is 10.2. The van der Waals surface area contributed by atoms with Crippen LogP contribution in [0, 0.1) is 0 Å². The average Bonchev–Trinajstić information content (AvgIpc) is 3.27. The number of likely N-dealkylation sites (N-methyl/N-ethyl adjacent to an activating group) is 1. The predicted molar refractivity (Wildman–Crippen MR) is 89.0 cm³/mol. The van der Waals surface area contributed by atoms with Gasteiger partial charge >= 0.3 is 0 Å². The normalized spacial score (nSPS) is 10.6. The Hall–Kier alpha value is -3.06. The van der Waals surface area contributed by atoms with Crippen LogP contribution in [-0.2, 0) is 0 Å². The average molecular weight is 327 g/mol. The number of carbonyl (C=O) groups excluding carboxylic acids is 1. The van der Waals surface area contributed by atoms with Crippen LogP contribution in [0.15, 0.2) is 57.7 Å². The van der Waals surface area contributed by atoms with Crippen molar-refractivity contribution in [1.29, 1.82) is 0 Å². The number of rotatable bonds is 6. The Labute approximate surface area is 138 Å². The van der Waals surface area contributed by atoms with Gasteiger partial charge in [-0.1, -0.05) is 5.16 Å². The summed E-state index contributed by atoms with van der Waals surface area (Å²) in [5.74, 6) is 0.539. The Balaban J connectivity index is 1.66. The summed E-state index contributed by atoms with van der Waals surface area (Å²) in [6.45, 7) is 0.624.